The molecule has 0 spiro atoms. The van der Waals surface area contributed by atoms with Crippen molar-refractivity contribution >= 4 is 34.7 Å². The number of rotatable bonds is 6. The van der Waals surface area contributed by atoms with Crippen molar-refractivity contribution in [3.63, 3.8) is 0 Å². The number of fused-ring (bicyclic) bond motifs is 1. The molecule has 1 aromatic carbocycles. The van der Waals surface area contributed by atoms with Gasteiger partial charge in [-0.25, -0.2) is 9.97 Å². The van der Waals surface area contributed by atoms with Gasteiger partial charge in [-0.15, -0.1) is 11.8 Å². The highest BCUT2D eigenvalue weighted by atomic mass is 32.2. The second kappa shape index (κ2) is 9.51. The van der Waals surface area contributed by atoms with Crippen molar-refractivity contribution < 1.29 is 4.79 Å². The molecule has 31 heavy (non-hydrogen) atoms. The van der Waals surface area contributed by atoms with Gasteiger partial charge in [0.15, 0.2) is 11.5 Å². The Morgan fingerprint density at radius 3 is 2.81 bits per heavy atom. The molecule has 8 heteroatoms. The lowest BCUT2D eigenvalue weighted by Gasteiger charge is -2.32. The highest BCUT2D eigenvalue weighted by Crippen LogP contribution is 2.22. The molecule has 2 aromatic heterocycles. The Labute approximate surface area is 185 Å². The Hall–Kier alpha value is -2.87. The van der Waals surface area contributed by atoms with Crippen LogP contribution in [0.1, 0.15) is 25.3 Å². The summed E-state index contributed by atoms with van der Waals surface area (Å²) in [6.07, 6.45) is 5.37. The molecule has 3 heterocycles. The zero-order valence-corrected chi connectivity index (χ0v) is 18.7. The number of carbonyl (C=O) groups is 1. The summed E-state index contributed by atoms with van der Waals surface area (Å²) in [6.45, 7) is 4.17. The van der Waals surface area contributed by atoms with Crippen LogP contribution in [-0.4, -0.2) is 39.8 Å². The van der Waals surface area contributed by atoms with E-state index in [1.54, 1.807) is 22.5 Å². The van der Waals surface area contributed by atoms with Crippen LogP contribution in [0.4, 0.5) is 5.82 Å². The largest absolute Gasteiger partial charge is 0.352 e. The molecule has 1 aliphatic heterocycles. The number of hydrogen-bond donors (Lipinski definition) is 1. The van der Waals surface area contributed by atoms with Gasteiger partial charge in [0.2, 0.25) is 5.91 Å². The second-order valence-electron chi connectivity index (χ2n) is 7.68. The van der Waals surface area contributed by atoms with Gasteiger partial charge in [-0.1, -0.05) is 12.1 Å². The summed E-state index contributed by atoms with van der Waals surface area (Å²) in [5.41, 5.74) is 2.22. The normalized spacial score (nSPS) is 16.5. The van der Waals surface area contributed by atoms with E-state index < -0.39 is 0 Å². The Morgan fingerprint density at radius 2 is 2.06 bits per heavy atom. The lowest BCUT2D eigenvalue weighted by atomic mass is 9.97. The number of anilines is 1. The van der Waals surface area contributed by atoms with E-state index in [-0.39, 0.29) is 17.4 Å². The minimum atomic E-state index is -0.167. The van der Waals surface area contributed by atoms with E-state index in [1.165, 1.54) is 4.90 Å². The van der Waals surface area contributed by atoms with E-state index >= 15 is 0 Å². The van der Waals surface area contributed by atoms with E-state index in [1.807, 2.05) is 42.3 Å². The van der Waals surface area contributed by atoms with Gasteiger partial charge in [-0.3, -0.25) is 14.2 Å². The fourth-order valence-electron chi connectivity index (χ4n) is 4.02. The molecule has 0 saturated carbocycles. The maximum atomic E-state index is 13.1. The van der Waals surface area contributed by atoms with Crippen LogP contribution >= 0.6 is 11.8 Å². The van der Waals surface area contributed by atoms with Gasteiger partial charge in [0, 0.05) is 37.3 Å². The monoisotopic (exact) mass is 437 g/mol. The molecule has 1 atom stereocenters. The Morgan fingerprint density at radius 1 is 1.26 bits per heavy atom. The van der Waals surface area contributed by atoms with Crippen LogP contribution in [0.15, 0.2) is 52.3 Å². The first-order valence-electron chi connectivity index (χ1n) is 10.6. The van der Waals surface area contributed by atoms with Crippen LogP contribution in [0, 0.1) is 5.92 Å². The molecule has 1 N–H and O–H groups in total. The fraction of sp³-hybridized carbons (Fsp3) is 0.391. The summed E-state index contributed by atoms with van der Waals surface area (Å²) in [5, 5.41) is 3.06. The number of piperidine rings is 1. The zero-order chi connectivity index (χ0) is 21.8. The summed E-state index contributed by atoms with van der Waals surface area (Å²) in [5.74, 6) is 0.268. The molecule has 0 aliphatic carbocycles. The summed E-state index contributed by atoms with van der Waals surface area (Å²) in [4.78, 5) is 38.0. The average Bonchev–Trinajstić information content (AvgIpc) is 2.82. The van der Waals surface area contributed by atoms with Crippen molar-refractivity contribution in [3.05, 3.63) is 58.5 Å². The highest BCUT2D eigenvalue weighted by molar-refractivity contribution is 7.98. The van der Waals surface area contributed by atoms with E-state index in [0.717, 1.165) is 24.9 Å². The molecular formula is C23H27N5O2S. The molecule has 0 unspecified atom stereocenters. The van der Waals surface area contributed by atoms with Crippen LogP contribution in [0.3, 0.4) is 0 Å². The van der Waals surface area contributed by atoms with Gasteiger partial charge in [-0.2, -0.15) is 0 Å². The number of pyridine rings is 1. The first kappa shape index (κ1) is 21.4. The minimum Gasteiger partial charge on any atom is -0.352 e. The molecule has 0 radical (unpaired) electrons. The molecule has 1 saturated heterocycles. The van der Waals surface area contributed by atoms with E-state index in [2.05, 4.69) is 27.4 Å². The van der Waals surface area contributed by atoms with Gasteiger partial charge < -0.3 is 10.2 Å². The van der Waals surface area contributed by atoms with Crippen molar-refractivity contribution in [3.8, 4) is 0 Å². The van der Waals surface area contributed by atoms with Gasteiger partial charge in [0.05, 0.1) is 5.92 Å². The molecule has 4 rings (SSSR count). The predicted molar refractivity (Wildman–Crippen MR) is 124 cm³/mol. The zero-order valence-electron chi connectivity index (χ0n) is 17.9. The molecular weight excluding hydrogens is 410 g/mol. The van der Waals surface area contributed by atoms with Crippen LogP contribution in [0.5, 0.6) is 0 Å². The van der Waals surface area contributed by atoms with Crippen molar-refractivity contribution in [2.45, 2.75) is 37.8 Å². The highest BCUT2D eigenvalue weighted by Gasteiger charge is 2.28. The third kappa shape index (κ3) is 4.58. The number of amides is 1. The lowest BCUT2D eigenvalue weighted by molar-refractivity contribution is -0.125. The summed E-state index contributed by atoms with van der Waals surface area (Å²) >= 11 is 1.70. The van der Waals surface area contributed by atoms with E-state index in [9.17, 15) is 9.59 Å². The molecule has 1 fully saturated rings. The maximum Gasteiger partial charge on any atom is 0.295 e. The van der Waals surface area contributed by atoms with E-state index in [4.69, 9.17) is 0 Å². The van der Waals surface area contributed by atoms with Crippen molar-refractivity contribution in [2.75, 3.05) is 24.2 Å². The van der Waals surface area contributed by atoms with Gasteiger partial charge in [0.1, 0.15) is 5.52 Å². The van der Waals surface area contributed by atoms with Crippen LogP contribution in [-0.2, 0) is 17.9 Å². The van der Waals surface area contributed by atoms with Gasteiger partial charge in [0.25, 0.3) is 5.56 Å². The number of nitrogens with one attached hydrogen (secondary N) is 1. The standard InChI is InChI=1S/C23H27N5O2S/c1-3-28-20-19(7-4-12-24-20)26-21(23(28)30)27-13-5-6-17(15-27)22(29)25-14-16-8-10-18(31-2)11-9-16/h4,7-12,17H,3,5-6,13-15H2,1-2H3,(H,25,29)/t17-/m0/s1. The second-order valence-corrected chi connectivity index (χ2v) is 8.56. The summed E-state index contributed by atoms with van der Waals surface area (Å²) in [7, 11) is 0. The topological polar surface area (TPSA) is 80.1 Å². The molecule has 0 bridgehead atoms. The van der Waals surface area contributed by atoms with Crippen LogP contribution < -0.4 is 15.8 Å². The molecule has 1 amide bonds. The minimum absolute atomic E-state index is 0.0249. The molecule has 7 nitrogen and oxygen atoms in total. The molecule has 3 aromatic rings. The smallest absolute Gasteiger partial charge is 0.295 e. The Kier molecular flexibility index (Phi) is 6.56. The fourth-order valence-corrected chi connectivity index (χ4v) is 4.43. The number of carbonyl (C=O) groups excluding carboxylic acids is 1. The quantitative estimate of drug-likeness (QED) is 0.597. The van der Waals surface area contributed by atoms with Crippen LogP contribution in [0.25, 0.3) is 11.2 Å². The van der Waals surface area contributed by atoms with Crippen molar-refractivity contribution in [2.24, 2.45) is 5.92 Å². The number of hydrogen-bond acceptors (Lipinski definition) is 6. The van der Waals surface area contributed by atoms with Crippen molar-refractivity contribution in [1.82, 2.24) is 19.9 Å². The number of aryl methyl sites for hydroxylation is 1. The third-order valence-electron chi connectivity index (χ3n) is 5.72. The number of nitrogens with zero attached hydrogens (tertiary/aromatic N) is 4. The molecule has 162 valence electrons. The number of thioether (sulfide) groups is 1. The van der Waals surface area contributed by atoms with Crippen molar-refractivity contribution in [1.29, 1.82) is 0 Å². The summed E-state index contributed by atoms with van der Waals surface area (Å²) in [6, 6.07) is 11.9. The maximum absolute atomic E-state index is 13.1. The van der Waals surface area contributed by atoms with Gasteiger partial charge >= 0.3 is 0 Å². The van der Waals surface area contributed by atoms with Gasteiger partial charge in [-0.05, 0) is 55.9 Å². The predicted octanol–water partition coefficient (Wildman–Crippen LogP) is 3.07. The lowest BCUT2D eigenvalue weighted by Crippen LogP contribution is -2.45. The summed E-state index contributed by atoms with van der Waals surface area (Å²) < 4.78 is 1.65. The number of benzene rings is 1. The van der Waals surface area contributed by atoms with E-state index in [0.29, 0.717) is 36.6 Å². The first-order chi connectivity index (χ1) is 15.1. The average molecular weight is 438 g/mol. The third-order valence-corrected chi connectivity index (χ3v) is 6.46. The Bertz CT molecular complexity index is 1130. The molecule has 1 aliphatic rings. The number of aromatic nitrogens is 3. The first-order valence-corrected chi connectivity index (χ1v) is 11.8. The SMILES string of the molecule is CCn1c(=O)c(N2CCC[C@H](C(=O)NCc3ccc(SC)cc3)C2)nc2cccnc21. The Balaban J connectivity index is 1.48. The van der Waals surface area contributed by atoms with Crippen LogP contribution in [0.2, 0.25) is 0 Å².